The second-order valence-corrected chi connectivity index (χ2v) is 6.29. The van der Waals surface area contributed by atoms with Crippen LogP contribution in [0, 0.1) is 5.21 Å². The second kappa shape index (κ2) is 9.83. The lowest BCUT2D eigenvalue weighted by molar-refractivity contribution is -0.604. The number of anilines is 1. The number of hydrogen-bond donors (Lipinski definition) is 2. The molecule has 8 heteroatoms. The van der Waals surface area contributed by atoms with Gasteiger partial charge in [-0.25, -0.2) is 4.79 Å². The number of rotatable bonds is 7. The first-order valence-corrected chi connectivity index (χ1v) is 9.10. The summed E-state index contributed by atoms with van der Waals surface area (Å²) in [5.74, 6) is -0.957. The average Bonchev–Trinajstić information content (AvgIpc) is 2.77. The molecule has 0 fully saturated rings. The maximum Gasteiger partial charge on any atom is 0.407 e. The molecule has 0 unspecified atom stereocenters. The molecule has 1 aromatic heterocycles. The predicted octanol–water partition coefficient (Wildman–Crippen LogP) is 2.42. The van der Waals surface area contributed by atoms with Crippen LogP contribution >= 0.6 is 0 Å². The van der Waals surface area contributed by atoms with Crippen LogP contribution in [-0.2, 0) is 16.1 Å². The number of ketones is 1. The fourth-order valence-corrected chi connectivity index (χ4v) is 2.64. The Morgan fingerprint density at radius 2 is 1.60 bits per heavy atom. The SMILES string of the molecule is O=C(CNC(=O)OCc1ccccc1)Nc1c[n+]([O-])ccc1C(=O)c1ccccc1. The monoisotopic (exact) mass is 405 g/mol. The summed E-state index contributed by atoms with van der Waals surface area (Å²) in [5.41, 5.74) is 1.43. The van der Waals surface area contributed by atoms with Gasteiger partial charge in [-0.1, -0.05) is 60.7 Å². The minimum absolute atomic E-state index is 0.0470. The average molecular weight is 405 g/mol. The first-order chi connectivity index (χ1) is 14.5. The lowest BCUT2D eigenvalue weighted by Gasteiger charge is -2.11. The lowest BCUT2D eigenvalue weighted by Crippen LogP contribution is -2.34. The van der Waals surface area contributed by atoms with Gasteiger partial charge in [-0.05, 0) is 5.56 Å². The summed E-state index contributed by atoms with van der Waals surface area (Å²) in [5, 5.41) is 16.4. The number of pyridine rings is 1. The molecule has 0 saturated carbocycles. The van der Waals surface area contributed by atoms with Crippen LogP contribution in [0.25, 0.3) is 0 Å². The van der Waals surface area contributed by atoms with Gasteiger partial charge in [0.1, 0.15) is 18.8 Å². The van der Waals surface area contributed by atoms with E-state index in [0.717, 1.165) is 11.8 Å². The summed E-state index contributed by atoms with van der Waals surface area (Å²) in [6, 6.07) is 18.9. The van der Waals surface area contributed by atoms with E-state index in [1.165, 1.54) is 12.3 Å². The molecule has 3 aromatic rings. The summed E-state index contributed by atoms with van der Waals surface area (Å²) in [6.45, 7) is -0.320. The van der Waals surface area contributed by atoms with Crippen molar-refractivity contribution in [1.82, 2.24) is 5.32 Å². The first kappa shape index (κ1) is 20.5. The van der Waals surface area contributed by atoms with Gasteiger partial charge in [-0.3, -0.25) is 9.59 Å². The van der Waals surface area contributed by atoms with E-state index in [9.17, 15) is 19.6 Å². The van der Waals surface area contributed by atoms with Gasteiger partial charge in [0.2, 0.25) is 12.1 Å². The summed E-state index contributed by atoms with van der Waals surface area (Å²) >= 11 is 0. The molecule has 2 aromatic carbocycles. The van der Waals surface area contributed by atoms with Crippen LogP contribution in [0.2, 0.25) is 0 Å². The Kier molecular flexibility index (Phi) is 6.73. The number of nitrogens with zero attached hydrogens (tertiary/aromatic N) is 1. The molecule has 3 rings (SSSR count). The minimum Gasteiger partial charge on any atom is -0.619 e. The van der Waals surface area contributed by atoms with Crippen molar-refractivity contribution in [2.75, 3.05) is 11.9 Å². The molecule has 0 aliphatic heterocycles. The molecule has 30 heavy (non-hydrogen) atoms. The fourth-order valence-electron chi connectivity index (χ4n) is 2.64. The lowest BCUT2D eigenvalue weighted by atomic mass is 10.0. The van der Waals surface area contributed by atoms with Gasteiger partial charge < -0.3 is 20.6 Å². The summed E-state index contributed by atoms with van der Waals surface area (Å²) in [6.07, 6.45) is 1.49. The third-order valence-corrected chi connectivity index (χ3v) is 4.10. The van der Waals surface area contributed by atoms with Gasteiger partial charge in [-0.2, -0.15) is 4.73 Å². The molecule has 1 heterocycles. The van der Waals surface area contributed by atoms with Crippen molar-refractivity contribution in [3.8, 4) is 0 Å². The summed E-state index contributed by atoms with van der Waals surface area (Å²) in [4.78, 5) is 36.7. The van der Waals surface area contributed by atoms with Crippen LogP contribution in [0.15, 0.2) is 79.1 Å². The summed E-state index contributed by atoms with van der Waals surface area (Å²) in [7, 11) is 0. The highest BCUT2D eigenvalue weighted by atomic mass is 16.5. The molecule has 0 aliphatic carbocycles. The Hall–Kier alpha value is -4.20. The largest absolute Gasteiger partial charge is 0.619 e. The van der Waals surface area contributed by atoms with Crippen molar-refractivity contribution < 1.29 is 23.9 Å². The van der Waals surface area contributed by atoms with Crippen LogP contribution < -0.4 is 15.4 Å². The number of ether oxygens (including phenoxy) is 1. The van der Waals surface area contributed by atoms with Crippen LogP contribution in [0.1, 0.15) is 21.5 Å². The number of aromatic nitrogens is 1. The van der Waals surface area contributed by atoms with Crippen molar-refractivity contribution in [3.05, 3.63) is 101 Å². The Bertz CT molecular complexity index is 1040. The molecular weight excluding hydrogens is 386 g/mol. The van der Waals surface area contributed by atoms with E-state index in [2.05, 4.69) is 10.6 Å². The Balaban J connectivity index is 1.59. The van der Waals surface area contributed by atoms with Crippen LogP contribution in [0.5, 0.6) is 0 Å². The van der Waals surface area contributed by atoms with E-state index in [0.29, 0.717) is 10.3 Å². The van der Waals surface area contributed by atoms with Crippen molar-refractivity contribution >= 4 is 23.5 Å². The number of carbonyl (C=O) groups excluding carboxylic acids is 3. The van der Waals surface area contributed by atoms with Gasteiger partial charge in [0.15, 0.2) is 12.0 Å². The topological polar surface area (TPSA) is 111 Å². The predicted molar refractivity (Wildman–Crippen MR) is 109 cm³/mol. The molecule has 0 saturated heterocycles. The molecule has 152 valence electrons. The quantitative estimate of drug-likeness (QED) is 0.356. The Labute approximate surface area is 172 Å². The normalized spacial score (nSPS) is 10.1. The van der Waals surface area contributed by atoms with Crippen LogP contribution in [-0.4, -0.2) is 24.3 Å². The molecule has 0 aliphatic rings. The molecule has 0 spiro atoms. The Morgan fingerprint density at radius 3 is 2.30 bits per heavy atom. The number of amides is 2. The highest BCUT2D eigenvalue weighted by molar-refractivity contribution is 6.13. The molecule has 8 nitrogen and oxygen atoms in total. The van der Waals surface area contributed by atoms with Gasteiger partial charge in [0.25, 0.3) is 0 Å². The van der Waals surface area contributed by atoms with E-state index in [1.807, 2.05) is 18.2 Å². The van der Waals surface area contributed by atoms with E-state index in [-0.39, 0.29) is 30.2 Å². The summed E-state index contributed by atoms with van der Waals surface area (Å²) < 4.78 is 5.50. The standard InChI is InChI=1S/C22H19N3O5/c26-20(13-23-22(28)30-15-16-7-3-1-4-8-16)24-19-14-25(29)12-11-18(19)21(27)17-9-5-2-6-10-17/h1-12,14H,13,15H2,(H,23,28)(H,24,26). The fraction of sp³-hybridized carbons (Fsp3) is 0.0909. The number of carbonyl (C=O) groups is 3. The van der Waals surface area contributed by atoms with Gasteiger partial charge in [-0.15, -0.1) is 0 Å². The number of nitrogens with one attached hydrogen (secondary N) is 2. The van der Waals surface area contributed by atoms with Crippen LogP contribution in [0.3, 0.4) is 0 Å². The molecule has 0 atom stereocenters. The molecule has 0 radical (unpaired) electrons. The number of alkyl carbamates (subject to hydrolysis) is 1. The highest BCUT2D eigenvalue weighted by Crippen LogP contribution is 2.17. The second-order valence-electron chi connectivity index (χ2n) is 6.29. The van der Waals surface area contributed by atoms with E-state index >= 15 is 0 Å². The number of hydrogen-bond acceptors (Lipinski definition) is 5. The van der Waals surface area contributed by atoms with E-state index in [1.54, 1.807) is 42.5 Å². The van der Waals surface area contributed by atoms with Gasteiger partial charge in [0.05, 0.1) is 5.56 Å². The van der Waals surface area contributed by atoms with Crippen molar-refractivity contribution in [2.45, 2.75) is 6.61 Å². The van der Waals surface area contributed by atoms with Crippen LogP contribution in [0.4, 0.5) is 10.5 Å². The maximum absolute atomic E-state index is 12.7. The zero-order chi connectivity index (χ0) is 21.3. The Morgan fingerprint density at radius 1 is 0.933 bits per heavy atom. The molecule has 2 amide bonds. The van der Waals surface area contributed by atoms with Gasteiger partial charge >= 0.3 is 6.09 Å². The molecule has 0 bridgehead atoms. The molecule has 2 N–H and O–H groups in total. The molecular formula is C22H19N3O5. The van der Waals surface area contributed by atoms with Crippen molar-refractivity contribution in [1.29, 1.82) is 0 Å². The third kappa shape index (κ3) is 5.65. The van der Waals surface area contributed by atoms with Crippen molar-refractivity contribution in [2.24, 2.45) is 0 Å². The third-order valence-electron chi connectivity index (χ3n) is 4.10. The maximum atomic E-state index is 12.7. The smallest absolute Gasteiger partial charge is 0.407 e. The van der Waals surface area contributed by atoms with Crippen molar-refractivity contribution in [3.63, 3.8) is 0 Å². The first-order valence-electron chi connectivity index (χ1n) is 9.10. The minimum atomic E-state index is -0.762. The highest BCUT2D eigenvalue weighted by Gasteiger charge is 2.18. The zero-order valence-corrected chi connectivity index (χ0v) is 15.9. The van der Waals surface area contributed by atoms with Gasteiger partial charge in [0, 0.05) is 11.6 Å². The number of benzene rings is 2. The van der Waals surface area contributed by atoms with E-state index in [4.69, 9.17) is 4.74 Å². The van der Waals surface area contributed by atoms with E-state index < -0.39 is 12.0 Å². The zero-order valence-electron chi connectivity index (χ0n) is 15.9.